The van der Waals surface area contributed by atoms with Gasteiger partial charge in [0, 0.05) is 11.6 Å². The third kappa shape index (κ3) is 5.51. The summed E-state index contributed by atoms with van der Waals surface area (Å²) in [5, 5.41) is 2.84. The summed E-state index contributed by atoms with van der Waals surface area (Å²) in [4.78, 5) is 37.1. The van der Waals surface area contributed by atoms with Gasteiger partial charge in [0.2, 0.25) is 5.91 Å². The Bertz CT molecular complexity index is 1240. The van der Waals surface area contributed by atoms with Crippen LogP contribution in [0.5, 0.6) is 5.75 Å². The first kappa shape index (κ1) is 23.8. The first-order valence-electron chi connectivity index (χ1n) is 10.0. The van der Waals surface area contributed by atoms with Crippen LogP contribution in [0.1, 0.15) is 19.4 Å². The molecule has 0 saturated heterocycles. The van der Waals surface area contributed by atoms with E-state index in [-0.39, 0.29) is 17.7 Å². The predicted octanol–water partition coefficient (Wildman–Crippen LogP) is 3.99. The Morgan fingerprint density at radius 3 is 2.48 bits per heavy atom. The highest BCUT2D eigenvalue weighted by Crippen LogP contribution is 2.34. The number of carbonyl (C=O) groups is 2. The number of fused-ring (bicyclic) bond motifs is 1. The summed E-state index contributed by atoms with van der Waals surface area (Å²) in [7, 11) is 0. The Labute approximate surface area is 186 Å². The lowest BCUT2D eigenvalue weighted by molar-refractivity contribution is -0.150. The second-order valence-corrected chi connectivity index (χ2v) is 7.07. The zero-order valence-corrected chi connectivity index (χ0v) is 17.8. The molecule has 0 bridgehead atoms. The number of ether oxygens (including phenoxy) is 2. The van der Waals surface area contributed by atoms with Crippen molar-refractivity contribution in [2.75, 3.05) is 11.9 Å². The number of halogens is 3. The maximum atomic E-state index is 13.1. The number of hydrogen-bond donors (Lipinski definition) is 1. The number of nitrogens with zero attached hydrogens (tertiary/aromatic N) is 1. The Hall–Kier alpha value is -3.82. The van der Waals surface area contributed by atoms with Crippen molar-refractivity contribution in [1.82, 2.24) is 4.57 Å². The minimum absolute atomic E-state index is 0.197. The van der Waals surface area contributed by atoms with E-state index < -0.39 is 47.5 Å². The maximum absolute atomic E-state index is 13.1. The van der Waals surface area contributed by atoms with Gasteiger partial charge in [0.05, 0.1) is 23.2 Å². The molecule has 3 rings (SSSR count). The summed E-state index contributed by atoms with van der Waals surface area (Å²) in [5.41, 5.74) is -1.92. The van der Waals surface area contributed by atoms with Crippen molar-refractivity contribution in [2.24, 2.45) is 0 Å². The van der Waals surface area contributed by atoms with Crippen molar-refractivity contribution < 1.29 is 32.2 Å². The minimum atomic E-state index is -4.64. The number of carbonyl (C=O) groups excluding carboxylic acids is 2. The molecule has 0 aliphatic rings. The first-order valence-corrected chi connectivity index (χ1v) is 10.0. The maximum Gasteiger partial charge on any atom is 0.418 e. The molecule has 1 amide bonds. The molecule has 2 aromatic carbocycles. The van der Waals surface area contributed by atoms with Crippen LogP contribution < -0.4 is 15.6 Å². The van der Waals surface area contributed by atoms with Gasteiger partial charge in [-0.25, -0.2) is 4.79 Å². The monoisotopic (exact) mass is 462 g/mol. The molecule has 1 aromatic heterocycles. The number of esters is 1. The number of hydrogen-bond acceptors (Lipinski definition) is 5. The highest BCUT2D eigenvalue weighted by Gasteiger charge is 2.33. The van der Waals surface area contributed by atoms with Gasteiger partial charge in [0.1, 0.15) is 12.3 Å². The van der Waals surface area contributed by atoms with Gasteiger partial charge >= 0.3 is 12.1 Å². The van der Waals surface area contributed by atoms with Crippen molar-refractivity contribution in [3.05, 3.63) is 70.6 Å². The quantitative estimate of drug-likeness (QED) is 0.537. The molecule has 0 fully saturated rings. The third-order valence-electron chi connectivity index (χ3n) is 4.72. The van der Waals surface area contributed by atoms with Crippen LogP contribution in [0.4, 0.5) is 18.9 Å². The Kier molecular flexibility index (Phi) is 7.05. The van der Waals surface area contributed by atoms with E-state index in [1.165, 1.54) is 37.4 Å². The summed E-state index contributed by atoms with van der Waals surface area (Å²) in [6.45, 7) is 2.89. The van der Waals surface area contributed by atoms with E-state index in [4.69, 9.17) is 9.47 Å². The molecule has 3 aromatic rings. The van der Waals surface area contributed by atoms with Crippen molar-refractivity contribution in [1.29, 1.82) is 0 Å². The number of benzene rings is 2. The average Bonchev–Trinajstić information content (AvgIpc) is 2.76. The number of aromatic nitrogens is 1. The van der Waals surface area contributed by atoms with Crippen molar-refractivity contribution >= 4 is 28.3 Å². The number of rotatable bonds is 7. The summed E-state index contributed by atoms with van der Waals surface area (Å²) in [6.07, 6.45) is -4.21. The molecule has 0 aliphatic heterocycles. The normalized spacial score (nSPS) is 12.3. The zero-order valence-electron chi connectivity index (χ0n) is 17.8. The van der Waals surface area contributed by atoms with E-state index in [2.05, 4.69) is 5.32 Å². The molecule has 174 valence electrons. The molecule has 0 spiro atoms. The lowest BCUT2D eigenvalue weighted by Gasteiger charge is -2.16. The molecule has 0 saturated carbocycles. The molecule has 10 heteroatoms. The predicted molar refractivity (Wildman–Crippen MR) is 115 cm³/mol. The number of para-hydroxylation sites is 1. The molecule has 7 nitrogen and oxygen atoms in total. The lowest BCUT2D eigenvalue weighted by atomic mass is 10.1. The molecule has 1 heterocycles. The molecule has 1 unspecified atom stereocenters. The number of pyridine rings is 1. The highest BCUT2D eigenvalue weighted by molar-refractivity contribution is 5.92. The molecular formula is C23H21F3N2O5. The van der Waals surface area contributed by atoms with Gasteiger partial charge < -0.3 is 19.4 Å². The van der Waals surface area contributed by atoms with Gasteiger partial charge in [-0.05, 0) is 44.2 Å². The number of amides is 1. The molecular weight excluding hydrogens is 441 g/mol. The summed E-state index contributed by atoms with van der Waals surface area (Å²) >= 11 is 0. The second-order valence-electron chi connectivity index (χ2n) is 7.07. The lowest BCUT2D eigenvalue weighted by Crippen LogP contribution is -2.28. The number of nitrogens with one attached hydrogen (secondary N) is 1. The van der Waals surface area contributed by atoms with E-state index in [0.717, 1.165) is 16.7 Å². The number of alkyl halides is 3. The fraction of sp³-hybridized carbons (Fsp3) is 0.261. The molecule has 1 atom stereocenters. The summed E-state index contributed by atoms with van der Waals surface area (Å²) < 4.78 is 51.0. The fourth-order valence-corrected chi connectivity index (χ4v) is 3.20. The van der Waals surface area contributed by atoms with Crippen molar-refractivity contribution in [3.8, 4) is 5.75 Å². The largest absolute Gasteiger partial charge is 0.478 e. The minimum Gasteiger partial charge on any atom is -0.478 e. The SMILES string of the molecule is CCOC(=O)C(C)Oc1cccc2c(=O)n(CC(=O)Nc3ccccc3C(F)(F)F)ccc12. The highest BCUT2D eigenvalue weighted by atomic mass is 19.4. The second kappa shape index (κ2) is 9.76. The van der Waals surface area contributed by atoms with Crippen LogP contribution in [-0.2, 0) is 27.0 Å². The topological polar surface area (TPSA) is 86.6 Å². The molecule has 1 N–H and O–H groups in total. The van der Waals surface area contributed by atoms with Crippen LogP contribution >= 0.6 is 0 Å². The van der Waals surface area contributed by atoms with Crippen LogP contribution in [0.3, 0.4) is 0 Å². The van der Waals surface area contributed by atoms with Gasteiger partial charge in [-0.3, -0.25) is 9.59 Å². The van der Waals surface area contributed by atoms with E-state index in [9.17, 15) is 27.6 Å². The van der Waals surface area contributed by atoms with Crippen molar-refractivity contribution in [3.63, 3.8) is 0 Å². The average molecular weight is 462 g/mol. The van der Waals surface area contributed by atoms with Crippen LogP contribution in [0.2, 0.25) is 0 Å². The van der Waals surface area contributed by atoms with E-state index in [1.54, 1.807) is 19.1 Å². The van der Waals surface area contributed by atoms with E-state index in [0.29, 0.717) is 5.39 Å². The molecule has 33 heavy (non-hydrogen) atoms. The van der Waals surface area contributed by atoms with Crippen LogP contribution in [0.15, 0.2) is 59.5 Å². The van der Waals surface area contributed by atoms with E-state index in [1.807, 2.05) is 0 Å². The molecule has 0 aliphatic carbocycles. The summed E-state index contributed by atoms with van der Waals surface area (Å²) in [6, 6.07) is 10.8. The fourth-order valence-electron chi connectivity index (χ4n) is 3.20. The van der Waals surface area contributed by atoms with Crippen LogP contribution in [0, 0.1) is 0 Å². The number of anilines is 1. The molecule has 0 radical (unpaired) electrons. The Morgan fingerprint density at radius 2 is 1.79 bits per heavy atom. The smallest absolute Gasteiger partial charge is 0.418 e. The Morgan fingerprint density at radius 1 is 1.06 bits per heavy atom. The van der Waals surface area contributed by atoms with Crippen LogP contribution in [0.25, 0.3) is 10.8 Å². The van der Waals surface area contributed by atoms with Crippen LogP contribution in [-0.4, -0.2) is 29.2 Å². The van der Waals surface area contributed by atoms with Gasteiger partial charge in [0.25, 0.3) is 5.56 Å². The standard InChI is InChI=1S/C23H21F3N2O5/c1-3-32-22(31)14(2)33-19-10-6-7-16-15(19)11-12-28(21(16)30)13-20(29)27-18-9-5-4-8-17(18)23(24,25)26/h4-12,14H,3,13H2,1-2H3,(H,27,29). The van der Waals surface area contributed by atoms with Gasteiger partial charge in [0.15, 0.2) is 6.10 Å². The van der Waals surface area contributed by atoms with Gasteiger partial charge in [-0.15, -0.1) is 0 Å². The zero-order chi connectivity index (χ0) is 24.2. The van der Waals surface area contributed by atoms with E-state index >= 15 is 0 Å². The Balaban J connectivity index is 1.83. The van der Waals surface area contributed by atoms with Gasteiger partial charge in [-0.1, -0.05) is 18.2 Å². The summed E-state index contributed by atoms with van der Waals surface area (Å²) in [5.74, 6) is -1.07. The first-order chi connectivity index (χ1) is 15.6. The van der Waals surface area contributed by atoms with Gasteiger partial charge in [-0.2, -0.15) is 13.2 Å². The third-order valence-corrected chi connectivity index (χ3v) is 4.72. The van der Waals surface area contributed by atoms with Crippen molar-refractivity contribution in [2.45, 2.75) is 32.7 Å².